The highest BCUT2D eigenvalue weighted by Gasteiger charge is 2.44. The van der Waals surface area contributed by atoms with Crippen LogP contribution < -0.4 is 15.9 Å². The highest BCUT2D eigenvalue weighted by atomic mass is 31.1. The van der Waals surface area contributed by atoms with Crippen LogP contribution in [-0.4, -0.2) is 0 Å². The highest BCUT2D eigenvalue weighted by Crippen LogP contribution is 2.58. The van der Waals surface area contributed by atoms with Crippen molar-refractivity contribution in [2.24, 2.45) is 10.8 Å². The zero-order valence-corrected chi connectivity index (χ0v) is 30.0. The van der Waals surface area contributed by atoms with Crippen LogP contribution in [0.1, 0.15) is 99.3 Å². The Balaban J connectivity index is 1.26. The van der Waals surface area contributed by atoms with Crippen molar-refractivity contribution in [2.45, 2.75) is 89.9 Å². The summed E-state index contributed by atoms with van der Waals surface area (Å²) in [5, 5.41) is 10.2. The molecule has 1 heteroatoms. The van der Waals surface area contributed by atoms with E-state index < -0.39 is 7.92 Å². The smallest absolute Gasteiger partial charge is 0.00154 e. The lowest BCUT2D eigenvalue weighted by atomic mass is 9.66. The third kappa shape index (κ3) is 4.59. The van der Waals surface area contributed by atoms with Crippen molar-refractivity contribution in [3.8, 4) is 11.1 Å². The van der Waals surface area contributed by atoms with Crippen LogP contribution in [0.4, 0.5) is 0 Å². The third-order valence-corrected chi connectivity index (χ3v) is 16.4. The molecule has 2 unspecified atom stereocenters. The van der Waals surface area contributed by atoms with Crippen LogP contribution in [0.25, 0.3) is 32.7 Å². The Labute approximate surface area is 293 Å². The summed E-state index contributed by atoms with van der Waals surface area (Å²) in [5.74, 6) is 1.43. The molecule has 4 atom stereocenters. The number of fused-ring (bicyclic) bond motifs is 10. The molecule has 0 aliphatic heterocycles. The van der Waals surface area contributed by atoms with Gasteiger partial charge in [-0.25, -0.2) is 0 Å². The maximum Gasteiger partial charge on any atom is -0.00154 e. The largest absolute Gasteiger partial charge is 0.0622 e. The van der Waals surface area contributed by atoms with Crippen molar-refractivity contribution in [2.75, 3.05) is 0 Å². The second-order valence-electron chi connectivity index (χ2n) is 16.4. The molecule has 0 saturated heterocycles. The van der Waals surface area contributed by atoms with Crippen LogP contribution in [0, 0.1) is 10.8 Å². The van der Waals surface area contributed by atoms with E-state index in [2.05, 4.69) is 129 Å². The lowest BCUT2D eigenvalue weighted by Crippen LogP contribution is -2.27. The Hall–Kier alpha value is -3.73. The van der Waals surface area contributed by atoms with Gasteiger partial charge in [-0.1, -0.05) is 142 Å². The van der Waals surface area contributed by atoms with Crippen molar-refractivity contribution in [1.29, 1.82) is 0 Å². The molecule has 6 aromatic carbocycles. The van der Waals surface area contributed by atoms with Gasteiger partial charge in [-0.2, -0.15) is 0 Å². The molecule has 0 N–H and O–H groups in total. The normalized spacial score (nSPS) is 25.7. The Bertz CT molecular complexity index is 2190. The molecular formula is C48H47P. The van der Waals surface area contributed by atoms with E-state index in [9.17, 15) is 0 Å². The number of hydrogen-bond donors (Lipinski definition) is 0. The number of benzene rings is 6. The van der Waals surface area contributed by atoms with Gasteiger partial charge < -0.3 is 0 Å². The minimum absolute atomic E-state index is 0.475. The fourth-order valence-electron chi connectivity index (χ4n) is 11.3. The molecule has 0 aromatic heterocycles. The lowest BCUT2D eigenvalue weighted by Gasteiger charge is -2.39. The Morgan fingerprint density at radius 1 is 0.490 bits per heavy atom. The monoisotopic (exact) mass is 654 g/mol. The molecule has 4 aliphatic carbocycles. The van der Waals surface area contributed by atoms with E-state index in [-0.39, 0.29) is 0 Å². The fourth-order valence-corrected chi connectivity index (χ4v) is 13.8. The summed E-state index contributed by atoms with van der Waals surface area (Å²) in [4.78, 5) is 0. The average molecular weight is 655 g/mol. The zero-order chi connectivity index (χ0) is 32.7. The summed E-state index contributed by atoms with van der Waals surface area (Å²) in [6.07, 6.45) is 13.3. The van der Waals surface area contributed by atoms with Gasteiger partial charge in [0.05, 0.1) is 0 Å². The molecule has 49 heavy (non-hydrogen) atoms. The predicted molar refractivity (Wildman–Crippen MR) is 212 cm³/mol. The minimum atomic E-state index is -0.771. The van der Waals surface area contributed by atoms with Gasteiger partial charge >= 0.3 is 0 Å². The van der Waals surface area contributed by atoms with Gasteiger partial charge in [0.15, 0.2) is 0 Å². The molecule has 0 radical (unpaired) electrons. The first-order chi connectivity index (χ1) is 24.0. The van der Waals surface area contributed by atoms with Crippen molar-refractivity contribution in [1.82, 2.24) is 0 Å². The summed E-state index contributed by atoms with van der Waals surface area (Å²) >= 11 is 0. The van der Waals surface area contributed by atoms with Gasteiger partial charge in [-0.15, -0.1) is 0 Å². The molecule has 244 valence electrons. The number of hydrogen-bond acceptors (Lipinski definition) is 0. The summed E-state index contributed by atoms with van der Waals surface area (Å²) in [6.45, 7) is 5.14. The molecule has 0 amide bonds. The van der Waals surface area contributed by atoms with E-state index >= 15 is 0 Å². The Morgan fingerprint density at radius 3 is 1.61 bits per heavy atom. The summed E-state index contributed by atoms with van der Waals surface area (Å²) < 4.78 is 0. The second-order valence-corrected chi connectivity index (χ2v) is 18.6. The maximum atomic E-state index is 2.57. The van der Waals surface area contributed by atoms with Crippen molar-refractivity contribution in [3.05, 3.63) is 138 Å². The van der Waals surface area contributed by atoms with Gasteiger partial charge in [0.2, 0.25) is 0 Å². The van der Waals surface area contributed by atoms with Crippen LogP contribution in [0.5, 0.6) is 0 Å². The van der Waals surface area contributed by atoms with Gasteiger partial charge in [0.1, 0.15) is 0 Å². The van der Waals surface area contributed by atoms with Crippen LogP contribution in [0.3, 0.4) is 0 Å². The van der Waals surface area contributed by atoms with Gasteiger partial charge in [0, 0.05) is 0 Å². The van der Waals surface area contributed by atoms with E-state index in [0.717, 1.165) is 0 Å². The first-order valence-electron chi connectivity index (χ1n) is 19.1. The molecule has 6 aromatic rings. The standard InChI is InChI=1S/C48H47P/c1-47-28-10-18-43(47)39-21-20-35-34(37(39)26-30-47)16-9-17-41(35)46-42-23-22-40-38(27-31-48(2)29-11-19-44(40)48)36(42)24-25-45(46)49(32-12-5-3-6-13-32)33-14-7-4-8-15-33/h3-9,12-17,20-25,43-44H,10-11,18-19,26-31H2,1-2H3/t43?,44?,47-,48-/m0/s1. The first kappa shape index (κ1) is 30.1. The van der Waals surface area contributed by atoms with Crippen LogP contribution in [-0.2, 0) is 12.8 Å². The van der Waals surface area contributed by atoms with E-state index in [1.54, 1.807) is 22.3 Å². The van der Waals surface area contributed by atoms with E-state index in [1.165, 1.54) is 113 Å². The van der Waals surface area contributed by atoms with Crippen LogP contribution in [0.2, 0.25) is 0 Å². The molecule has 0 nitrogen and oxygen atoms in total. The summed E-state index contributed by atoms with van der Waals surface area (Å²) in [6, 6.07) is 45.2. The topological polar surface area (TPSA) is 0 Å². The molecule has 2 fully saturated rings. The predicted octanol–water partition coefficient (Wildman–Crippen LogP) is 11.9. The highest BCUT2D eigenvalue weighted by molar-refractivity contribution is 7.80. The van der Waals surface area contributed by atoms with Crippen molar-refractivity contribution < 1.29 is 0 Å². The molecule has 0 bridgehead atoms. The molecule has 10 rings (SSSR count). The molecular weight excluding hydrogens is 608 g/mol. The Morgan fingerprint density at radius 2 is 1.02 bits per heavy atom. The van der Waals surface area contributed by atoms with E-state index in [4.69, 9.17) is 0 Å². The Kier molecular flexibility index (Phi) is 7.01. The zero-order valence-electron chi connectivity index (χ0n) is 29.1. The quantitative estimate of drug-likeness (QED) is 0.166. The molecule has 2 saturated carbocycles. The van der Waals surface area contributed by atoms with Crippen molar-refractivity contribution >= 4 is 45.4 Å². The van der Waals surface area contributed by atoms with Gasteiger partial charge in [-0.3, -0.25) is 0 Å². The number of rotatable bonds is 4. The maximum absolute atomic E-state index is 2.57. The fraction of sp³-hybridized carbons (Fsp3) is 0.333. The first-order valence-corrected chi connectivity index (χ1v) is 20.4. The van der Waals surface area contributed by atoms with Gasteiger partial charge in [-0.05, 0) is 153 Å². The molecule has 4 aliphatic rings. The van der Waals surface area contributed by atoms with Crippen LogP contribution >= 0.6 is 7.92 Å². The van der Waals surface area contributed by atoms with Crippen molar-refractivity contribution in [3.63, 3.8) is 0 Å². The molecule has 0 spiro atoms. The number of aryl methyl sites for hydroxylation is 2. The summed E-state index contributed by atoms with van der Waals surface area (Å²) in [5.41, 5.74) is 10.4. The molecule has 0 heterocycles. The summed E-state index contributed by atoms with van der Waals surface area (Å²) in [7, 11) is -0.771. The van der Waals surface area contributed by atoms with E-state index in [1.807, 2.05) is 0 Å². The second kappa shape index (κ2) is 11.4. The SMILES string of the molecule is C[C@@]12CCCC1c1ccc3c(-c4c(P(c5ccccc5)c5ccccc5)ccc5c6c(ccc45)C4CCC[C@@]4(C)CC6)cccc3c1CC2. The van der Waals surface area contributed by atoms with Gasteiger partial charge in [0.25, 0.3) is 0 Å². The van der Waals surface area contributed by atoms with E-state index in [0.29, 0.717) is 22.7 Å². The third-order valence-electron chi connectivity index (χ3n) is 13.9. The average Bonchev–Trinajstić information content (AvgIpc) is 3.74. The minimum Gasteiger partial charge on any atom is -0.0622 e. The van der Waals surface area contributed by atoms with Crippen LogP contribution in [0.15, 0.2) is 115 Å². The lowest BCUT2D eigenvalue weighted by molar-refractivity contribution is 0.253.